The summed E-state index contributed by atoms with van der Waals surface area (Å²) in [6.45, 7) is 0. The molecule has 30 heavy (non-hydrogen) atoms. The summed E-state index contributed by atoms with van der Waals surface area (Å²) < 4.78 is 33.2. The maximum atomic E-state index is 11.8. The van der Waals surface area contributed by atoms with Gasteiger partial charge in [-0.05, 0) is 18.2 Å². The van der Waals surface area contributed by atoms with Crippen molar-refractivity contribution in [2.24, 2.45) is 10.2 Å². The fraction of sp³-hybridized carbons (Fsp3) is 0. The van der Waals surface area contributed by atoms with Crippen molar-refractivity contribution in [3.8, 4) is 11.3 Å². The zero-order valence-corrected chi connectivity index (χ0v) is 15.9. The third kappa shape index (κ3) is 4.58. The van der Waals surface area contributed by atoms with E-state index in [1.165, 1.54) is 6.07 Å². The number of nitrogens with two attached hydrogens (primary N) is 1. The molecule has 0 bridgehead atoms. The van der Waals surface area contributed by atoms with E-state index in [9.17, 15) is 13.0 Å². The predicted molar refractivity (Wildman–Crippen MR) is 119 cm³/mol. The van der Waals surface area contributed by atoms with Gasteiger partial charge in [-0.25, -0.2) is 0 Å². The second-order valence-electron chi connectivity index (χ2n) is 6.30. The van der Waals surface area contributed by atoms with E-state index in [1.807, 2.05) is 36.4 Å². The normalized spacial score (nSPS) is 11.5. The summed E-state index contributed by atoms with van der Waals surface area (Å²) in [6, 6.07) is 21.1. The molecule has 0 spiro atoms. The molecule has 4 aromatic rings. The Bertz CT molecular complexity index is 1330. The molecule has 7 nitrogen and oxygen atoms in total. The van der Waals surface area contributed by atoms with Gasteiger partial charge in [0.25, 0.3) is 10.1 Å². The monoisotopic (exact) mass is 428 g/mol. The van der Waals surface area contributed by atoms with Crippen LogP contribution < -0.4 is 5.73 Å². The molecule has 146 valence electrons. The van der Waals surface area contributed by atoms with E-state index in [1.54, 1.807) is 36.5 Å². The molecular weight excluding hydrogens is 411 g/mol. The van der Waals surface area contributed by atoms with E-state index >= 15 is 0 Å². The Labute approximate surface area is 195 Å². The number of nitrogen functional groups attached to an aromatic ring is 1. The first-order chi connectivity index (χ1) is 13.9. The van der Waals surface area contributed by atoms with Gasteiger partial charge < -0.3 is 5.73 Å². The Hall–Kier alpha value is -2.62. The summed E-state index contributed by atoms with van der Waals surface area (Å²) in [5, 5.41) is 8.98. The third-order valence-electron chi connectivity index (χ3n) is 4.39. The molecule has 0 aliphatic rings. The van der Waals surface area contributed by atoms with Crippen molar-refractivity contribution in [3.63, 3.8) is 0 Å². The molecule has 0 saturated carbocycles. The van der Waals surface area contributed by atoms with Crippen molar-refractivity contribution < 1.29 is 13.0 Å². The van der Waals surface area contributed by atoms with E-state index < -0.39 is 10.1 Å². The van der Waals surface area contributed by atoms with Crippen LogP contribution in [0.5, 0.6) is 0 Å². The van der Waals surface area contributed by atoms with Gasteiger partial charge in [0.1, 0.15) is 16.3 Å². The maximum absolute atomic E-state index is 11.8. The van der Waals surface area contributed by atoms with Crippen LogP contribution in [0.2, 0.25) is 0 Å². The number of hydrogen-bond donors (Lipinski definition) is 2. The van der Waals surface area contributed by atoms with Crippen LogP contribution in [0.3, 0.4) is 0 Å². The number of pyridine rings is 1. The first-order valence-electron chi connectivity index (χ1n) is 8.65. The number of anilines is 1. The molecule has 0 unspecified atom stereocenters. The quantitative estimate of drug-likeness (QED) is 0.215. The molecule has 0 aliphatic carbocycles. The molecule has 9 heteroatoms. The summed E-state index contributed by atoms with van der Waals surface area (Å²) in [6.07, 6.45) is 1.56. The van der Waals surface area contributed by atoms with Crippen molar-refractivity contribution in [2.45, 2.75) is 4.90 Å². The second kappa shape index (κ2) is 9.03. The number of nitrogens with zero attached hydrogens (tertiary/aromatic N) is 3. The Morgan fingerprint density at radius 1 is 0.867 bits per heavy atom. The zero-order chi connectivity index (χ0) is 20.4. The molecule has 3 N–H and O–H groups in total. The third-order valence-corrected chi connectivity index (χ3v) is 5.29. The fourth-order valence-electron chi connectivity index (χ4n) is 2.98. The zero-order valence-electron chi connectivity index (χ0n) is 15.1. The number of fused-ring (bicyclic) bond motifs is 1. The Balaban J connectivity index is 0.00000256. The van der Waals surface area contributed by atoms with E-state index in [4.69, 9.17) is 5.73 Å². The van der Waals surface area contributed by atoms with Crippen molar-refractivity contribution in [1.29, 1.82) is 0 Å². The first-order valence-corrected chi connectivity index (χ1v) is 10.1. The summed E-state index contributed by atoms with van der Waals surface area (Å²) in [4.78, 5) is 4.10. The standard InChI is InChI=1S/C21H16N4O3S.Na.H/c22-21-17-9-5-4-8-16(17)20(29(26,27)28)12-19(21)25-24-15-10-11-18(23-13-15)14-6-2-1-3-7-14;;/h1-13H,22H2,(H,26,27,28);;. The van der Waals surface area contributed by atoms with E-state index in [-0.39, 0.29) is 45.8 Å². The summed E-state index contributed by atoms with van der Waals surface area (Å²) in [5.74, 6) is 0. The van der Waals surface area contributed by atoms with Gasteiger partial charge in [-0.3, -0.25) is 9.54 Å². The predicted octanol–water partition coefficient (Wildman–Crippen LogP) is 4.50. The molecular formula is C21H17N4NaO3S. The van der Waals surface area contributed by atoms with E-state index in [0.717, 1.165) is 11.3 Å². The number of hydrogen-bond acceptors (Lipinski definition) is 6. The topological polar surface area (TPSA) is 118 Å². The molecule has 0 fully saturated rings. The summed E-state index contributed by atoms with van der Waals surface area (Å²) in [7, 11) is -4.46. The number of aromatic nitrogens is 1. The van der Waals surface area contributed by atoms with Crippen molar-refractivity contribution in [1.82, 2.24) is 4.98 Å². The van der Waals surface area contributed by atoms with Crippen LogP contribution in [0.4, 0.5) is 17.1 Å². The van der Waals surface area contributed by atoms with Gasteiger partial charge in [-0.1, -0.05) is 54.6 Å². The Kier molecular flexibility index (Phi) is 6.64. The second-order valence-corrected chi connectivity index (χ2v) is 7.69. The van der Waals surface area contributed by atoms with Crippen molar-refractivity contribution in [3.05, 3.63) is 79.0 Å². The molecule has 1 heterocycles. The first kappa shape index (κ1) is 22.1. The minimum absolute atomic E-state index is 0. The van der Waals surface area contributed by atoms with Gasteiger partial charge in [0, 0.05) is 16.3 Å². The number of azo groups is 1. The number of benzene rings is 3. The van der Waals surface area contributed by atoms with Gasteiger partial charge >= 0.3 is 29.6 Å². The Morgan fingerprint density at radius 2 is 1.53 bits per heavy atom. The van der Waals surface area contributed by atoms with Crippen molar-refractivity contribution >= 4 is 67.5 Å². The number of rotatable bonds is 4. The van der Waals surface area contributed by atoms with Gasteiger partial charge in [0.15, 0.2) is 0 Å². The van der Waals surface area contributed by atoms with E-state index in [0.29, 0.717) is 16.5 Å². The summed E-state index contributed by atoms with van der Waals surface area (Å²) >= 11 is 0. The van der Waals surface area contributed by atoms with Crippen molar-refractivity contribution in [2.75, 3.05) is 5.73 Å². The molecule has 0 radical (unpaired) electrons. The summed E-state index contributed by atoms with van der Waals surface area (Å²) in [5.41, 5.74) is 8.81. The molecule has 4 rings (SSSR count). The fourth-order valence-corrected chi connectivity index (χ4v) is 3.70. The molecule has 1 aromatic heterocycles. The van der Waals surface area contributed by atoms with Crippen LogP contribution in [0, 0.1) is 0 Å². The van der Waals surface area contributed by atoms with Gasteiger partial charge in [-0.15, -0.1) is 10.2 Å². The van der Waals surface area contributed by atoms with E-state index in [2.05, 4.69) is 15.2 Å². The SMILES string of the molecule is Nc1c(N=Nc2ccc(-c3ccccc3)nc2)cc(S(=O)(=O)O)c2ccccc12.[NaH]. The van der Waals surface area contributed by atoms with Crippen LogP contribution >= 0.6 is 0 Å². The van der Waals surface area contributed by atoms with Crippen LogP contribution in [-0.4, -0.2) is 47.5 Å². The average Bonchev–Trinajstić information content (AvgIpc) is 2.73. The molecule has 0 saturated heterocycles. The Morgan fingerprint density at radius 3 is 2.17 bits per heavy atom. The minimum atomic E-state index is -4.46. The van der Waals surface area contributed by atoms with Crippen LogP contribution in [0.25, 0.3) is 22.0 Å². The molecule has 0 atom stereocenters. The van der Waals surface area contributed by atoms with Crippen LogP contribution in [-0.2, 0) is 10.1 Å². The average molecular weight is 428 g/mol. The van der Waals surface area contributed by atoms with Crippen LogP contribution in [0.15, 0.2) is 94.1 Å². The molecule has 0 aliphatic heterocycles. The molecule has 0 amide bonds. The van der Waals surface area contributed by atoms with Gasteiger partial charge in [0.2, 0.25) is 0 Å². The molecule has 3 aromatic carbocycles. The van der Waals surface area contributed by atoms with Gasteiger partial charge in [0.05, 0.1) is 17.6 Å². The van der Waals surface area contributed by atoms with Crippen LogP contribution in [0.1, 0.15) is 0 Å². The van der Waals surface area contributed by atoms with Gasteiger partial charge in [-0.2, -0.15) is 8.42 Å².